The SMILES string of the molecule is Cc1cn(C)c2ncc(C3CC3)cc12. The van der Waals surface area contributed by atoms with E-state index in [1.54, 1.807) is 0 Å². The lowest BCUT2D eigenvalue weighted by Gasteiger charge is -1.99. The Kier molecular flexibility index (Phi) is 1.49. The molecule has 2 aromatic heterocycles. The van der Waals surface area contributed by atoms with Gasteiger partial charge in [-0.2, -0.15) is 0 Å². The molecule has 0 bridgehead atoms. The Morgan fingerprint density at radius 2 is 2.21 bits per heavy atom. The molecule has 1 aliphatic rings. The van der Waals surface area contributed by atoms with Crippen molar-refractivity contribution >= 4 is 11.0 Å². The summed E-state index contributed by atoms with van der Waals surface area (Å²) in [7, 11) is 2.05. The van der Waals surface area contributed by atoms with Crippen LogP contribution in [-0.2, 0) is 7.05 Å². The van der Waals surface area contributed by atoms with Gasteiger partial charge >= 0.3 is 0 Å². The Balaban J connectivity index is 2.26. The summed E-state index contributed by atoms with van der Waals surface area (Å²) in [5.41, 5.74) is 3.86. The van der Waals surface area contributed by atoms with Crippen molar-refractivity contribution in [3.63, 3.8) is 0 Å². The molecule has 0 atom stereocenters. The molecule has 1 fully saturated rings. The summed E-state index contributed by atoms with van der Waals surface area (Å²) in [5.74, 6) is 0.798. The van der Waals surface area contributed by atoms with Gasteiger partial charge in [-0.15, -0.1) is 0 Å². The normalized spacial score (nSPS) is 16.4. The van der Waals surface area contributed by atoms with Crippen molar-refractivity contribution in [2.45, 2.75) is 25.7 Å². The topological polar surface area (TPSA) is 17.8 Å². The van der Waals surface area contributed by atoms with Crippen LogP contribution in [0.1, 0.15) is 29.9 Å². The molecule has 72 valence electrons. The molecule has 0 radical (unpaired) electrons. The van der Waals surface area contributed by atoms with Crippen LogP contribution in [-0.4, -0.2) is 9.55 Å². The van der Waals surface area contributed by atoms with E-state index in [1.165, 1.54) is 29.4 Å². The Labute approximate surface area is 83.6 Å². The van der Waals surface area contributed by atoms with Crippen LogP contribution in [0.4, 0.5) is 0 Å². The molecule has 0 unspecified atom stereocenters. The van der Waals surface area contributed by atoms with Crippen LogP contribution in [0.15, 0.2) is 18.5 Å². The summed E-state index contributed by atoms with van der Waals surface area (Å²) >= 11 is 0. The van der Waals surface area contributed by atoms with Gasteiger partial charge in [-0.3, -0.25) is 0 Å². The first-order chi connectivity index (χ1) is 6.75. The molecule has 0 aromatic carbocycles. The molecule has 0 aliphatic heterocycles. The van der Waals surface area contributed by atoms with Crippen LogP contribution < -0.4 is 0 Å². The van der Waals surface area contributed by atoms with Crippen LogP contribution >= 0.6 is 0 Å². The van der Waals surface area contributed by atoms with Gasteiger partial charge in [0.15, 0.2) is 0 Å². The second kappa shape index (κ2) is 2.59. The lowest BCUT2D eigenvalue weighted by molar-refractivity contribution is 0.941. The van der Waals surface area contributed by atoms with E-state index in [-0.39, 0.29) is 0 Å². The number of nitrogens with zero attached hydrogens (tertiary/aromatic N) is 2. The van der Waals surface area contributed by atoms with E-state index < -0.39 is 0 Å². The maximum Gasteiger partial charge on any atom is 0.139 e. The van der Waals surface area contributed by atoms with Crippen LogP contribution in [0.3, 0.4) is 0 Å². The second-order valence-corrected chi connectivity index (χ2v) is 4.34. The van der Waals surface area contributed by atoms with Crippen molar-refractivity contribution in [2.75, 3.05) is 0 Å². The highest BCUT2D eigenvalue weighted by molar-refractivity contribution is 5.80. The molecule has 0 amide bonds. The van der Waals surface area contributed by atoms with Gasteiger partial charge in [0, 0.05) is 24.8 Å². The van der Waals surface area contributed by atoms with E-state index >= 15 is 0 Å². The Morgan fingerprint density at radius 1 is 1.43 bits per heavy atom. The summed E-state index contributed by atoms with van der Waals surface area (Å²) < 4.78 is 2.10. The van der Waals surface area contributed by atoms with Crippen molar-refractivity contribution in [1.29, 1.82) is 0 Å². The molecule has 2 nitrogen and oxygen atoms in total. The summed E-state index contributed by atoms with van der Waals surface area (Å²) in [5, 5.41) is 1.32. The fourth-order valence-corrected chi connectivity index (χ4v) is 2.11. The lowest BCUT2D eigenvalue weighted by atomic mass is 10.1. The van der Waals surface area contributed by atoms with Crippen molar-refractivity contribution in [2.24, 2.45) is 7.05 Å². The third-order valence-corrected chi connectivity index (χ3v) is 3.08. The van der Waals surface area contributed by atoms with E-state index in [0.29, 0.717) is 0 Å². The van der Waals surface area contributed by atoms with E-state index in [0.717, 1.165) is 11.6 Å². The van der Waals surface area contributed by atoms with Crippen molar-refractivity contribution in [1.82, 2.24) is 9.55 Å². The highest BCUT2D eigenvalue weighted by Crippen LogP contribution is 2.40. The molecule has 0 spiro atoms. The number of aromatic nitrogens is 2. The van der Waals surface area contributed by atoms with Gasteiger partial charge in [0.1, 0.15) is 5.65 Å². The number of hydrogen-bond donors (Lipinski definition) is 0. The number of pyridine rings is 1. The first-order valence-corrected chi connectivity index (χ1v) is 5.17. The first kappa shape index (κ1) is 8.04. The van der Waals surface area contributed by atoms with Gasteiger partial charge in [-0.05, 0) is 42.9 Å². The zero-order valence-electron chi connectivity index (χ0n) is 8.62. The molecule has 0 N–H and O–H groups in total. The summed E-state index contributed by atoms with van der Waals surface area (Å²) in [6.45, 7) is 2.15. The van der Waals surface area contributed by atoms with E-state index in [4.69, 9.17) is 0 Å². The van der Waals surface area contributed by atoms with Crippen LogP contribution in [0.5, 0.6) is 0 Å². The molecule has 14 heavy (non-hydrogen) atoms. The maximum atomic E-state index is 4.53. The summed E-state index contributed by atoms with van der Waals surface area (Å²) in [6, 6.07) is 2.31. The van der Waals surface area contributed by atoms with E-state index in [2.05, 4.69) is 35.8 Å². The molecule has 1 aliphatic carbocycles. The van der Waals surface area contributed by atoms with Gasteiger partial charge in [0.25, 0.3) is 0 Å². The van der Waals surface area contributed by atoms with Crippen LogP contribution in [0.2, 0.25) is 0 Å². The van der Waals surface area contributed by atoms with E-state index in [9.17, 15) is 0 Å². The minimum atomic E-state index is 0.798. The average molecular weight is 186 g/mol. The standard InChI is InChI=1S/C12H14N2/c1-8-7-14(2)12-11(8)5-10(6-13-12)9-3-4-9/h5-7,9H,3-4H2,1-2H3. The smallest absolute Gasteiger partial charge is 0.139 e. The van der Waals surface area contributed by atoms with Gasteiger partial charge in [0.05, 0.1) is 0 Å². The lowest BCUT2D eigenvalue weighted by Crippen LogP contribution is -1.88. The maximum absolute atomic E-state index is 4.53. The van der Waals surface area contributed by atoms with Gasteiger partial charge in [0.2, 0.25) is 0 Å². The fourth-order valence-electron chi connectivity index (χ4n) is 2.11. The summed E-state index contributed by atoms with van der Waals surface area (Å²) in [6.07, 6.45) is 6.88. The minimum absolute atomic E-state index is 0.798. The molecule has 1 saturated carbocycles. The van der Waals surface area contributed by atoms with E-state index in [1.807, 2.05) is 6.20 Å². The quantitative estimate of drug-likeness (QED) is 0.669. The number of rotatable bonds is 1. The van der Waals surface area contributed by atoms with Crippen molar-refractivity contribution < 1.29 is 0 Å². The Morgan fingerprint density at radius 3 is 2.93 bits per heavy atom. The Bertz CT molecular complexity index is 492. The van der Waals surface area contributed by atoms with Crippen LogP contribution in [0.25, 0.3) is 11.0 Å². The highest BCUT2D eigenvalue weighted by atomic mass is 15.0. The predicted octanol–water partition coefficient (Wildman–Crippen LogP) is 2.76. The molecular weight excluding hydrogens is 172 g/mol. The number of aryl methyl sites for hydroxylation is 2. The second-order valence-electron chi connectivity index (χ2n) is 4.34. The molecule has 3 rings (SSSR count). The summed E-state index contributed by atoms with van der Waals surface area (Å²) in [4.78, 5) is 4.53. The highest BCUT2D eigenvalue weighted by Gasteiger charge is 2.24. The van der Waals surface area contributed by atoms with Gasteiger partial charge < -0.3 is 4.57 Å². The molecular formula is C12H14N2. The minimum Gasteiger partial charge on any atom is -0.335 e. The van der Waals surface area contributed by atoms with Crippen molar-refractivity contribution in [3.05, 3.63) is 29.6 Å². The van der Waals surface area contributed by atoms with Crippen LogP contribution in [0, 0.1) is 6.92 Å². The van der Waals surface area contributed by atoms with Crippen molar-refractivity contribution in [3.8, 4) is 0 Å². The van der Waals surface area contributed by atoms with Gasteiger partial charge in [-0.25, -0.2) is 4.98 Å². The third-order valence-electron chi connectivity index (χ3n) is 3.08. The third kappa shape index (κ3) is 1.07. The molecule has 2 heterocycles. The zero-order valence-corrected chi connectivity index (χ0v) is 8.62. The monoisotopic (exact) mass is 186 g/mol. The first-order valence-electron chi connectivity index (χ1n) is 5.17. The predicted molar refractivity (Wildman–Crippen MR) is 57.4 cm³/mol. The molecule has 2 heteroatoms. The Hall–Kier alpha value is -1.31. The molecule has 0 saturated heterocycles. The largest absolute Gasteiger partial charge is 0.335 e. The zero-order chi connectivity index (χ0) is 9.71. The van der Waals surface area contributed by atoms with Gasteiger partial charge in [-0.1, -0.05) is 0 Å². The average Bonchev–Trinajstić information content (AvgIpc) is 2.96. The number of hydrogen-bond acceptors (Lipinski definition) is 1. The molecule has 2 aromatic rings. The number of fused-ring (bicyclic) bond motifs is 1. The fraction of sp³-hybridized carbons (Fsp3) is 0.417.